The van der Waals surface area contributed by atoms with Crippen LogP contribution < -0.4 is 0 Å². The van der Waals surface area contributed by atoms with Crippen LogP contribution in [0.4, 0.5) is 0 Å². The van der Waals surface area contributed by atoms with Crippen LogP contribution in [0.3, 0.4) is 0 Å². The predicted octanol–water partition coefficient (Wildman–Crippen LogP) is -2.47. The predicted molar refractivity (Wildman–Crippen MR) is 99.1 cm³/mol. The summed E-state index contributed by atoms with van der Waals surface area (Å²) in [5, 5.41) is 49.5. The third-order valence-electron chi connectivity index (χ3n) is 5.33. The highest BCUT2D eigenvalue weighted by atomic mass is 16.8. The van der Waals surface area contributed by atoms with E-state index in [2.05, 4.69) is 6.58 Å². The van der Waals surface area contributed by atoms with Crippen LogP contribution in [0.2, 0.25) is 0 Å². The van der Waals surface area contributed by atoms with Crippen LogP contribution in [-0.2, 0) is 33.2 Å². The molecule has 3 aliphatic rings. The van der Waals surface area contributed by atoms with Gasteiger partial charge in [-0.05, 0) is 6.92 Å². The van der Waals surface area contributed by atoms with Gasteiger partial charge in [-0.1, -0.05) is 6.58 Å². The van der Waals surface area contributed by atoms with Crippen LogP contribution in [0.1, 0.15) is 19.8 Å². The largest absolute Gasteiger partial charge is 0.462 e. The fourth-order valence-corrected chi connectivity index (χ4v) is 3.58. The van der Waals surface area contributed by atoms with E-state index in [1.807, 2.05) is 0 Å². The summed E-state index contributed by atoms with van der Waals surface area (Å²) in [4.78, 5) is 11.4. The quantitative estimate of drug-likeness (QED) is 0.205. The summed E-state index contributed by atoms with van der Waals surface area (Å²) >= 11 is 0. The molecule has 3 aliphatic heterocycles. The highest BCUT2D eigenvalue weighted by molar-refractivity contribution is 5.86. The van der Waals surface area contributed by atoms with Crippen molar-refractivity contribution in [3.8, 4) is 0 Å². The first-order chi connectivity index (χ1) is 14.7. The number of hydrogen-bond donors (Lipinski definition) is 5. The molecule has 3 saturated heterocycles. The maximum Gasteiger partial charge on any atom is 0.333 e. The van der Waals surface area contributed by atoms with Gasteiger partial charge in [0.1, 0.15) is 36.6 Å². The van der Waals surface area contributed by atoms with Gasteiger partial charge in [-0.3, -0.25) is 0 Å². The van der Waals surface area contributed by atoms with Crippen molar-refractivity contribution < 1.29 is 58.7 Å². The van der Waals surface area contributed by atoms with Gasteiger partial charge >= 0.3 is 5.97 Å². The molecule has 178 valence electrons. The molecule has 0 aromatic rings. The minimum absolute atomic E-state index is 0.0203. The number of carbonyl (C=O) groups excluding carboxylic acids is 1. The zero-order chi connectivity index (χ0) is 22.7. The Balaban J connectivity index is 1.49. The van der Waals surface area contributed by atoms with Gasteiger partial charge in [-0.25, -0.2) is 4.79 Å². The number of ether oxygens (including phenoxy) is 6. The third kappa shape index (κ3) is 5.79. The third-order valence-corrected chi connectivity index (χ3v) is 5.33. The average Bonchev–Trinajstić information content (AvgIpc) is 2.74. The van der Waals surface area contributed by atoms with Crippen molar-refractivity contribution in [2.45, 2.75) is 81.4 Å². The first-order valence-corrected chi connectivity index (χ1v) is 10.1. The number of aliphatic hydroxyl groups excluding tert-OH is 5. The van der Waals surface area contributed by atoms with Gasteiger partial charge in [-0.2, -0.15) is 0 Å². The Morgan fingerprint density at radius 1 is 1.10 bits per heavy atom. The number of fused-ring (bicyclic) bond motifs is 1. The summed E-state index contributed by atoms with van der Waals surface area (Å²) in [5.41, 5.74) is 0.284. The summed E-state index contributed by atoms with van der Waals surface area (Å²) in [6.07, 6.45) is -11.0. The molecule has 5 N–H and O–H groups in total. The molecule has 12 nitrogen and oxygen atoms in total. The molecule has 3 fully saturated rings. The van der Waals surface area contributed by atoms with E-state index in [1.165, 1.54) is 0 Å². The van der Waals surface area contributed by atoms with E-state index >= 15 is 0 Å². The topological polar surface area (TPSA) is 174 Å². The molecular formula is C19H30O12. The van der Waals surface area contributed by atoms with E-state index in [-0.39, 0.29) is 31.6 Å². The normalized spacial score (nSPS) is 43.2. The van der Waals surface area contributed by atoms with Crippen molar-refractivity contribution in [2.75, 3.05) is 19.8 Å². The van der Waals surface area contributed by atoms with Crippen LogP contribution in [0.5, 0.6) is 0 Å². The van der Waals surface area contributed by atoms with Crippen molar-refractivity contribution in [1.29, 1.82) is 0 Å². The molecule has 31 heavy (non-hydrogen) atoms. The number of rotatable bonds is 7. The molecule has 0 radical (unpaired) electrons. The lowest BCUT2D eigenvalue weighted by Gasteiger charge is -2.46. The van der Waals surface area contributed by atoms with Gasteiger partial charge in [-0.15, -0.1) is 0 Å². The van der Waals surface area contributed by atoms with E-state index in [1.54, 1.807) is 6.92 Å². The monoisotopic (exact) mass is 450 g/mol. The zero-order valence-corrected chi connectivity index (χ0v) is 17.1. The summed E-state index contributed by atoms with van der Waals surface area (Å²) in [6, 6.07) is 0. The van der Waals surface area contributed by atoms with Crippen LogP contribution in [0.15, 0.2) is 12.2 Å². The van der Waals surface area contributed by atoms with Crippen LogP contribution in [0, 0.1) is 0 Å². The minimum atomic E-state index is -1.58. The second-order valence-corrected chi connectivity index (χ2v) is 7.81. The highest BCUT2D eigenvalue weighted by Gasteiger charge is 2.48. The Morgan fingerprint density at radius 3 is 2.52 bits per heavy atom. The molecule has 0 bridgehead atoms. The summed E-state index contributed by atoms with van der Waals surface area (Å²) < 4.78 is 32.9. The van der Waals surface area contributed by atoms with E-state index in [9.17, 15) is 30.3 Å². The molecule has 0 spiro atoms. The molecule has 2 unspecified atom stereocenters. The van der Waals surface area contributed by atoms with Gasteiger partial charge in [0.2, 0.25) is 0 Å². The van der Waals surface area contributed by atoms with E-state index < -0.39 is 74.2 Å². The van der Waals surface area contributed by atoms with Crippen molar-refractivity contribution >= 4 is 5.97 Å². The fourth-order valence-electron chi connectivity index (χ4n) is 3.58. The highest BCUT2D eigenvalue weighted by Crippen LogP contribution is 2.31. The Labute approximate surface area is 178 Å². The van der Waals surface area contributed by atoms with Gasteiger partial charge in [0.15, 0.2) is 18.9 Å². The summed E-state index contributed by atoms with van der Waals surface area (Å²) in [7, 11) is 0. The Kier molecular flexibility index (Phi) is 8.37. The van der Waals surface area contributed by atoms with Gasteiger partial charge in [0.05, 0.1) is 25.9 Å². The summed E-state index contributed by atoms with van der Waals surface area (Å²) in [5.74, 6) is -0.511. The lowest BCUT2D eigenvalue weighted by Crippen LogP contribution is -2.61. The van der Waals surface area contributed by atoms with E-state index in [0.29, 0.717) is 0 Å². The maximum atomic E-state index is 11.4. The van der Waals surface area contributed by atoms with Crippen molar-refractivity contribution in [3.63, 3.8) is 0 Å². The molecule has 0 amide bonds. The molecule has 0 aromatic carbocycles. The lowest BCUT2D eigenvalue weighted by molar-refractivity contribution is -0.378. The second kappa shape index (κ2) is 10.6. The molecule has 0 aliphatic carbocycles. The standard InChI is InChI=1S/C19H30O12/c1-8(2)18(25)26-4-3-12-27-7-11-17(30-12)9(21)5-13(28-11)31-19-16(24)15(23)14(22)10(6-20)29-19/h9-17,19-24H,1,3-7H2,2H3/t9-,10-,11-,12?,13-,14-,15?,16-,17+,19-/m1/s1. The molecule has 0 saturated carbocycles. The Bertz CT molecular complexity index is 627. The Hall–Kier alpha value is -1.19. The van der Waals surface area contributed by atoms with E-state index in [0.717, 1.165) is 0 Å². The first kappa shape index (κ1) is 24.5. The molecule has 12 heteroatoms. The maximum absolute atomic E-state index is 11.4. The number of aliphatic hydroxyl groups is 5. The molecular weight excluding hydrogens is 420 g/mol. The van der Waals surface area contributed by atoms with Crippen LogP contribution >= 0.6 is 0 Å². The van der Waals surface area contributed by atoms with E-state index in [4.69, 9.17) is 28.4 Å². The fraction of sp³-hybridized carbons (Fsp3) is 0.842. The van der Waals surface area contributed by atoms with Crippen LogP contribution in [0.25, 0.3) is 0 Å². The average molecular weight is 450 g/mol. The number of hydrogen-bond acceptors (Lipinski definition) is 12. The molecule has 3 rings (SSSR count). The number of esters is 1. The molecule has 3 heterocycles. The van der Waals surface area contributed by atoms with Gasteiger partial charge in [0.25, 0.3) is 0 Å². The van der Waals surface area contributed by atoms with Crippen molar-refractivity contribution in [1.82, 2.24) is 0 Å². The second-order valence-electron chi connectivity index (χ2n) is 7.81. The number of carbonyl (C=O) groups is 1. The van der Waals surface area contributed by atoms with Crippen molar-refractivity contribution in [3.05, 3.63) is 12.2 Å². The summed E-state index contributed by atoms with van der Waals surface area (Å²) in [6.45, 7) is 4.59. The Morgan fingerprint density at radius 2 is 1.84 bits per heavy atom. The van der Waals surface area contributed by atoms with Gasteiger partial charge in [0, 0.05) is 18.4 Å². The SMILES string of the molecule is C=C(C)C(=O)OCCC1OC[C@H]2O[C@H](O[C@H]3O[C@H](CO)[C@@H](O)C(O)[C@H]3O)C[C@@H](O)[C@@H]2O1. The van der Waals surface area contributed by atoms with Crippen LogP contribution in [-0.4, -0.2) is 113 Å². The molecule has 0 aromatic heterocycles. The molecule has 10 atom stereocenters. The van der Waals surface area contributed by atoms with Gasteiger partial charge < -0.3 is 54.0 Å². The lowest BCUT2D eigenvalue weighted by atomic mass is 9.99. The smallest absolute Gasteiger partial charge is 0.333 e. The zero-order valence-electron chi connectivity index (χ0n) is 17.1. The minimum Gasteiger partial charge on any atom is -0.462 e. The first-order valence-electron chi connectivity index (χ1n) is 10.1. The van der Waals surface area contributed by atoms with Crippen molar-refractivity contribution in [2.24, 2.45) is 0 Å².